The Labute approximate surface area is 120 Å². The van der Waals surface area contributed by atoms with Crippen LogP contribution in [0.3, 0.4) is 0 Å². The molecule has 1 aromatic heterocycles. The molecular formula is C13H14ClFN2OS. The van der Waals surface area contributed by atoms with E-state index < -0.39 is 11.9 Å². The van der Waals surface area contributed by atoms with Crippen molar-refractivity contribution in [1.29, 1.82) is 0 Å². The Morgan fingerprint density at radius 2 is 2.32 bits per heavy atom. The number of benzene rings is 1. The quantitative estimate of drug-likeness (QED) is 0.892. The number of nitrogens with zero attached hydrogens (tertiary/aromatic N) is 1. The lowest BCUT2D eigenvalue weighted by molar-refractivity contribution is 0.174. The Morgan fingerprint density at radius 3 is 2.95 bits per heavy atom. The summed E-state index contributed by atoms with van der Waals surface area (Å²) in [5.41, 5.74) is 1.45. The van der Waals surface area contributed by atoms with Crippen LogP contribution in [0.1, 0.15) is 22.4 Å². The zero-order valence-corrected chi connectivity index (χ0v) is 11.9. The van der Waals surface area contributed by atoms with E-state index in [-0.39, 0.29) is 5.02 Å². The second kappa shape index (κ2) is 6.43. The summed E-state index contributed by atoms with van der Waals surface area (Å²) in [6.07, 6.45) is -0.772. The van der Waals surface area contributed by atoms with Crippen LogP contribution >= 0.6 is 22.9 Å². The molecule has 1 aromatic carbocycles. The maximum absolute atomic E-state index is 13.3. The molecule has 0 bridgehead atoms. The van der Waals surface area contributed by atoms with Gasteiger partial charge in [0.1, 0.15) is 5.82 Å². The van der Waals surface area contributed by atoms with E-state index in [1.807, 2.05) is 12.3 Å². The van der Waals surface area contributed by atoms with E-state index >= 15 is 0 Å². The van der Waals surface area contributed by atoms with Gasteiger partial charge in [-0.25, -0.2) is 9.37 Å². The number of aliphatic hydroxyl groups excluding tert-OH is 1. The van der Waals surface area contributed by atoms with E-state index in [2.05, 4.69) is 10.3 Å². The van der Waals surface area contributed by atoms with Crippen LogP contribution < -0.4 is 5.32 Å². The lowest BCUT2D eigenvalue weighted by Gasteiger charge is -2.12. The smallest absolute Gasteiger partial charge is 0.142 e. The second-order valence-electron chi connectivity index (χ2n) is 4.18. The van der Waals surface area contributed by atoms with Gasteiger partial charge in [-0.2, -0.15) is 0 Å². The zero-order valence-electron chi connectivity index (χ0n) is 10.4. The molecule has 3 nitrogen and oxygen atoms in total. The van der Waals surface area contributed by atoms with Crippen LogP contribution in [-0.2, 0) is 6.54 Å². The highest BCUT2D eigenvalue weighted by Gasteiger charge is 2.10. The third-order valence-corrected chi connectivity index (χ3v) is 3.77. The van der Waals surface area contributed by atoms with Gasteiger partial charge in [0.15, 0.2) is 0 Å². The number of nitrogens with one attached hydrogen (secondary N) is 1. The molecule has 0 saturated carbocycles. The lowest BCUT2D eigenvalue weighted by Crippen LogP contribution is -2.21. The largest absolute Gasteiger partial charge is 0.387 e. The Balaban J connectivity index is 1.86. The van der Waals surface area contributed by atoms with E-state index in [1.165, 1.54) is 12.1 Å². The van der Waals surface area contributed by atoms with Gasteiger partial charge in [0.2, 0.25) is 0 Å². The number of hydrogen-bond donors (Lipinski definition) is 2. The van der Waals surface area contributed by atoms with Gasteiger partial charge >= 0.3 is 0 Å². The first-order chi connectivity index (χ1) is 9.06. The summed E-state index contributed by atoms with van der Waals surface area (Å²) in [4.78, 5) is 4.30. The Kier molecular flexibility index (Phi) is 4.87. The van der Waals surface area contributed by atoms with E-state index in [0.29, 0.717) is 18.7 Å². The van der Waals surface area contributed by atoms with Gasteiger partial charge in [-0.1, -0.05) is 17.7 Å². The number of aromatic nitrogens is 1. The lowest BCUT2D eigenvalue weighted by atomic mass is 10.1. The number of aliphatic hydroxyl groups is 1. The highest BCUT2D eigenvalue weighted by Crippen LogP contribution is 2.20. The SMILES string of the molecule is Cc1nc(CNCC(O)c2ccc(Cl)c(F)c2)cs1. The topological polar surface area (TPSA) is 45.2 Å². The van der Waals surface area contributed by atoms with Crippen LogP contribution in [0, 0.1) is 12.7 Å². The summed E-state index contributed by atoms with van der Waals surface area (Å²) in [7, 11) is 0. The predicted octanol–water partition coefficient (Wildman–Crippen LogP) is 3.07. The van der Waals surface area contributed by atoms with Crippen molar-refractivity contribution >= 4 is 22.9 Å². The minimum absolute atomic E-state index is 0.0573. The summed E-state index contributed by atoms with van der Waals surface area (Å²) in [6.45, 7) is 2.86. The molecule has 0 spiro atoms. The molecule has 102 valence electrons. The third-order valence-electron chi connectivity index (χ3n) is 2.64. The zero-order chi connectivity index (χ0) is 13.8. The molecule has 1 unspecified atom stereocenters. The summed E-state index contributed by atoms with van der Waals surface area (Å²) in [6, 6.07) is 4.31. The highest BCUT2D eigenvalue weighted by molar-refractivity contribution is 7.09. The van der Waals surface area contributed by atoms with Crippen LogP contribution in [-0.4, -0.2) is 16.6 Å². The first-order valence-electron chi connectivity index (χ1n) is 5.81. The minimum atomic E-state index is -0.772. The number of hydrogen-bond acceptors (Lipinski definition) is 4. The van der Waals surface area contributed by atoms with Gasteiger partial charge in [-0.05, 0) is 24.6 Å². The molecule has 0 saturated heterocycles. The average molecular weight is 301 g/mol. The summed E-state index contributed by atoms with van der Waals surface area (Å²) in [5, 5.41) is 16.1. The maximum atomic E-state index is 13.3. The predicted molar refractivity (Wildman–Crippen MR) is 74.9 cm³/mol. The molecule has 1 atom stereocenters. The minimum Gasteiger partial charge on any atom is -0.387 e. The van der Waals surface area contributed by atoms with Gasteiger partial charge < -0.3 is 10.4 Å². The first kappa shape index (κ1) is 14.4. The molecule has 0 radical (unpaired) electrons. The summed E-state index contributed by atoms with van der Waals surface area (Å²) < 4.78 is 13.3. The van der Waals surface area contributed by atoms with Crippen molar-refractivity contribution in [3.05, 3.63) is 50.7 Å². The molecule has 0 aliphatic rings. The van der Waals surface area contributed by atoms with Gasteiger partial charge in [0, 0.05) is 18.5 Å². The first-order valence-corrected chi connectivity index (χ1v) is 7.07. The standard InChI is InChI=1S/C13H14ClFN2OS/c1-8-17-10(7-19-8)5-16-6-13(18)9-2-3-11(14)12(15)4-9/h2-4,7,13,16,18H,5-6H2,1H3. The molecule has 0 aliphatic carbocycles. The van der Waals surface area contributed by atoms with Gasteiger partial charge in [-0.3, -0.25) is 0 Å². The van der Waals surface area contributed by atoms with Crippen LogP contribution in [0.5, 0.6) is 0 Å². The molecule has 0 fully saturated rings. The number of halogens is 2. The van der Waals surface area contributed by atoms with Crippen molar-refractivity contribution < 1.29 is 9.50 Å². The second-order valence-corrected chi connectivity index (χ2v) is 5.65. The molecule has 2 N–H and O–H groups in total. The molecule has 2 rings (SSSR count). The molecule has 2 aromatic rings. The van der Waals surface area contributed by atoms with Crippen LogP contribution in [0.2, 0.25) is 5.02 Å². The van der Waals surface area contributed by atoms with Crippen molar-refractivity contribution in [2.75, 3.05) is 6.54 Å². The van der Waals surface area contributed by atoms with Gasteiger partial charge in [-0.15, -0.1) is 11.3 Å². The molecule has 6 heteroatoms. The fourth-order valence-electron chi connectivity index (χ4n) is 1.66. The van der Waals surface area contributed by atoms with E-state index in [4.69, 9.17) is 11.6 Å². The van der Waals surface area contributed by atoms with Crippen molar-refractivity contribution in [1.82, 2.24) is 10.3 Å². The van der Waals surface area contributed by atoms with Crippen molar-refractivity contribution in [3.8, 4) is 0 Å². The van der Waals surface area contributed by atoms with Gasteiger partial charge in [0.05, 0.1) is 21.8 Å². The Bertz CT molecular complexity index is 561. The molecule has 19 heavy (non-hydrogen) atoms. The average Bonchev–Trinajstić information content (AvgIpc) is 2.78. The molecular weight excluding hydrogens is 287 g/mol. The fourth-order valence-corrected chi connectivity index (χ4v) is 2.39. The van der Waals surface area contributed by atoms with E-state index in [1.54, 1.807) is 17.4 Å². The monoisotopic (exact) mass is 300 g/mol. The molecule has 0 amide bonds. The summed E-state index contributed by atoms with van der Waals surface area (Å²) >= 11 is 7.18. The Hall–Kier alpha value is -1.01. The number of thiazole rings is 1. The fraction of sp³-hybridized carbons (Fsp3) is 0.308. The van der Waals surface area contributed by atoms with Crippen LogP contribution in [0.25, 0.3) is 0 Å². The third kappa shape index (κ3) is 3.98. The number of rotatable bonds is 5. The summed E-state index contributed by atoms with van der Waals surface area (Å²) in [5.74, 6) is -0.520. The van der Waals surface area contributed by atoms with Crippen LogP contribution in [0.15, 0.2) is 23.6 Å². The normalized spacial score (nSPS) is 12.6. The number of aryl methyl sites for hydroxylation is 1. The van der Waals surface area contributed by atoms with E-state index in [0.717, 1.165) is 10.7 Å². The van der Waals surface area contributed by atoms with E-state index in [9.17, 15) is 9.50 Å². The van der Waals surface area contributed by atoms with Gasteiger partial charge in [0.25, 0.3) is 0 Å². The Morgan fingerprint density at radius 1 is 1.53 bits per heavy atom. The van der Waals surface area contributed by atoms with Crippen LogP contribution in [0.4, 0.5) is 4.39 Å². The molecule has 1 heterocycles. The van der Waals surface area contributed by atoms with Crippen molar-refractivity contribution in [3.63, 3.8) is 0 Å². The maximum Gasteiger partial charge on any atom is 0.142 e. The molecule has 0 aliphatic heterocycles. The van der Waals surface area contributed by atoms with Crippen molar-refractivity contribution in [2.45, 2.75) is 19.6 Å². The highest BCUT2D eigenvalue weighted by atomic mass is 35.5. The van der Waals surface area contributed by atoms with Crippen molar-refractivity contribution in [2.24, 2.45) is 0 Å².